The van der Waals surface area contributed by atoms with Crippen molar-refractivity contribution in [1.29, 1.82) is 5.26 Å². The van der Waals surface area contributed by atoms with Crippen LogP contribution >= 0.6 is 11.6 Å². The molecule has 0 atom stereocenters. The van der Waals surface area contributed by atoms with Gasteiger partial charge in [0.25, 0.3) is 0 Å². The number of nitrogens with zero attached hydrogens (tertiary/aromatic N) is 2. The van der Waals surface area contributed by atoms with E-state index in [0.29, 0.717) is 16.9 Å². The molecule has 0 bridgehead atoms. The van der Waals surface area contributed by atoms with Gasteiger partial charge in [0, 0.05) is 6.07 Å². The molecular weight excluding hydrogens is 326 g/mol. The number of hydrogen-bond acceptors (Lipinski definition) is 5. The van der Waals surface area contributed by atoms with Gasteiger partial charge >= 0.3 is 0 Å². The zero-order valence-corrected chi connectivity index (χ0v) is 13.1. The highest BCUT2D eigenvalue weighted by Crippen LogP contribution is 2.23. The number of halogens is 1. The van der Waals surface area contributed by atoms with Gasteiger partial charge in [0.15, 0.2) is 0 Å². The van der Waals surface area contributed by atoms with Gasteiger partial charge in [-0.15, -0.1) is 0 Å². The van der Waals surface area contributed by atoms with Crippen LogP contribution in [0.5, 0.6) is 11.6 Å². The summed E-state index contributed by atoms with van der Waals surface area (Å²) in [7, 11) is -1.95. The van der Waals surface area contributed by atoms with Crippen LogP contribution in [0.4, 0.5) is 0 Å². The fourth-order valence-corrected chi connectivity index (χ4v) is 2.63. The second-order valence-electron chi connectivity index (χ2n) is 4.34. The van der Waals surface area contributed by atoms with Crippen LogP contribution in [-0.4, -0.2) is 20.4 Å². The highest BCUT2D eigenvalue weighted by atomic mass is 35.5. The normalized spacial score (nSPS) is 11.0. The summed E-state index contributed by atoms with van der Waals surface area (Å²) >= 11 is 5.79. The van der Waals surface area contributed by atoms with E-state index < -0.39 is 10.0 Å². The third kappa shape index (κ3) is 4.43. The highest BCUT2D eigenvalue weighted by molar-refractivity contribution is 7.88. The van der Waals surface area contributed by atoms with Crippen LogP contribution in [0, 0.1) is 11.3 Å². The van der Waals surface area contributed by atoms with E-state index in [1.54, 1.807) is 24.3 Å². The van der Waals surface area contributed by atoms with Crippen LogP contribution in [0.3, 0.4) is 0 Å². The molecule has 1 heterocycles. The minimum Gasteiger partial charge on any atom is -0.439 e. The Morgan fingerprint density at radius 1 is 1.32 bits per heavy atom. The maximum absolute atomic E-state index is 11.5. The molecule has 6 nitrogen and oxygen atoms in total. The van der Waals surface area contributed by atoms with Gasteiger partial charge < -0.3 is 4.74 Å². The van der Waals surface area contributed by atoms with Crippen molar-refractivity contribution in [2.24, 2.45) is 0 Å². The van der Waals surface area contributed by atoms with Crippen molar-refractivity contribution in [3.63, 3.8) is 0 Å². The van der Waals surface area contributed by atoms with Crippen LogP contribution < -0.4 is 9.46 Å². The Kier molecular flexibility index (Phi) is 4.98. The van der Waals surface area contributed by atoms with E-state index in [9.17, 15) is 8.42 Å². The maximum Gasteiger partial charge on any atom is 0.221 e. The van der Waals surface area contributed by atoms with E-state index in [4.69, 9.17) is 21.6 Å². The lowest BCUT2D eigenvalue weighted by atomic mass is 10.2. The first-order valence-corrected chi connectivity index (χ1v) is 8.20. The lowest BCUT2D eigenvalue weighted by Crippen LogP contribution is -2.20. The zero-order chi connectivity index (χ0) is 16.2. The third-order valence-electron chi connectivity index (χ3n) is 2.71. The molecule has 0 spiro atoms. The molecule has 0 amide bonds. The Hall–Kier alpha value is -2.14. The van der Waals surface area contributed by atoms with Crippen molar-refractivity contribution in [2.45, 2.75) is 5.75 Å². The Morgan fingerprint density at radius 3 is 2.59 bits per heavy atom. The summed E-state index contributed by atoms with van der Waals surface area (Å²) in [5.74, 6) is 0.543. The minimum absolute atomic E-state index is 0.113. The van der Waals surface area contributed by atoms with Crippen LogP contribution in [0.1, 0.15) is 11.1 Å². The molecule has 2 rings (SSSR count). The maximum atomic E-state index is 11.5. The molecule has 0 aliphatic rings. The number of pyridine rings is 1. The van der Waals surface area contributed by atoms with Gasteiger partial charge in [0.1, 0.15) is 10.9 Å². The molecule has 0 aliphatic heterocycles. The first-order chi connectivity index (χ1) is 10.4. The number of benzene rings is 1. The van der Waals surface area contributed by atoms with Crippen LogP contribution in [0.25, 0.3) is 0 Å². The topological polar surface area (TPSA) is 92.1 Å². The Morgan fingerprint density at radius 2 is 2.00 bits per heavy atom. The fraction of sp³-hybridized carbons (Fsp3) is 0.143. The molecule has 0 unspecified atom stereocenters. The first-order valence-electron chi connectivity index (χ1n) is 6.17. The number of ether oxygens (including phenoxy) is 1. The molecule has 0 saturated heterocycles. The van der Waals surface area contributed by atoms with Gasteiger partial charge in [-0.2, -0.15) is 5.26 Å². The number of nitrogens with one attached hydrogen (secondary N) is 1. The molecule has 1 aromatic carbocycles. The molecule has 0 saturated carbocycles. The summed E-state index contributed by atoms with van der Waals surface area (Å²) < 4.78 is 30.7. The predicted molar refractivity (Wildman–Crippen MR) is 82.2 cm³/mol. The van der Waals surface area contributed by atoms with E-state index in [1.165, 1.54) is 19.2 Å². The van der Waals surface area contributed by atoms with Gasteiger partial charge in [-0.1, -0.05) is 23.7 Å². The molecule has 1 N–H and O–H groups in total. The van der Waals surface area contributed by atoms with E-state index in [0.717, 1.165) is 0 Å². The molecular formula is C14H12ClN3O3S. The average molecular weight is 338 g/mol. The summed E-state index contributed by atoms with van der Waals surface area (Å²) in [5.41, 5.74) is 0.963. The van der Waals surface area contributed by atoms with Crippen molar-refractivity contribution in [3.8, 4) is 17.7 Å². The Bertz CT molecular complexity index is 814. The molecule has 2 aromatic rings. The van der Waals surface area contributed by atoms with Crippen LogP contribution in [-0.2, 0) is 15.8 Å². The zero-order valence-electron chi connectivity index (χ0n) is 11.6. The Balaban J connectivity index is 2.15. The fourth-order valence-electron chi connectivity index (χ4n) is 1.66. The summed E-state index contributed by atoms with van der Waals surface area (Å²) in [6.07, 6.45) is 0. The van der Waals surface area contributed by atoms with Crippen molar-refractivity contribution < 1.29 is 13.2 Å². The molecule has 0 radical (unpaired) electrons. The van der Waals surface area contributed by atoms with E-state index in [-0.39, 0.29) is 16.8 Å². The quantitative estimate of drug-likeness (QED) is 0.846. The van der Waals surface area contributed by atoms with Crippen LogP contribution in [0.15, 0.2) is 36.4 Å². The second-order valence-corrected chi connectivity index (χ2v) is 6.65. The van der Waals surface area contributed by atoms with E-state index >= 15 is 0 Å². The van der Waals surface area contributed by atoms with Crippen molar-refractivity contribution >= 4 is 21.6 Å². The van der Waals surface area contributed by atoms with E-state index in [1.807, 2.05) is 6.07 Å². The monoisotopic (exact) mass is 337 g/mol. The molecule has 22 heavy (non-hydrogen) atoms. The highest BCUT2D eigenvalue weighted by Gasteiger charge is 2.09. The third-order valence-corrected chi connectivity index (χ3v) is 4.24. The second kappa shape index (κ2) is 6.75. The number of hydrogen-bond donors (Lipinski definition) is 1. The molecule has 1 aromatic heterocycles. The Labute approximate surface area is 133 Å². The van der Waals surface area contributed by atoms with E-state index in [2.05, 4.69) is 9.71 Å². The number of aromatic nitrogens is 1. The average Bonchev–Trinajstić information content (AvgIpc) is 2.48. The molecule has 0 aliphatic carbocycles. The molecule has 8 heteroatoms. The SMILES string of the molecule is CNS(=O)(=O)Cc1ccc(Oc2cc(C#N)cc(Cl)n2)cc1. The smallest absolute Gasteiger partial charge is 0.221 e. The summed E-state index contributed by atoms with van der Waals surface area (Å²) in [4.78, 5) is 3.96. The minimum atomic E-state index is -3.32. The predicted octanol–water partition coefficient (Wildman–Crippen LogP) is 2.45. The van der Waals surface area contributed by atoms with Gasteiger partial charge in [-0.25, -0.2) is 18.1 Å². The van der Waals surface area contributed by atoms with Gasteiger partial charge in [0.05, 0.1) is 17.4 Å². The summed E-state index contributed by atoms with van der Waals surface area (Å²) in [6, 6.07) is 11.4. The van der Waals surface area contributed by atoms with Crippen molar-refractivity contribution in [2.75, 3.05) is 7.05 Å². The largest absolute Gasteiger partial charge is 0.439 e. The standard InChI is InChI=1S/C14H12ClN3O3S/c1-17-22(19,20)9-10-2-4-12(5-3-10)21-14-7-11(8-16)6-13(15)18-14/h2-7,17H,9H2,1H3. The summed E-state index contributed by atoms with van der Waals surface area (Å²) in [5, 5.41) is 9.02. The first kappa shape index (κ1) is 16.2. The van der Waals surface area contributed by atoms with Crippen molar-refractivity contribution in [1.82, 2.24) is 9.71 Å². The van der Waals surface area contributed by atoms with Crippen LogP contribution in [0.2, 0.25) is 5.15 Å². The number of sulfonamides is 1. The van der Waals surface area contributed by atoms with Crippen molar-refractivity contribution in [3.05, 3.63) is 52.7 Å². The van der Waals surface area contributed by atoms with Gasteiger partial charge in [-0.3, -0.25) is 0 Å². The van der Waals surface area contributed by atoms with Gasteiger partial charge in [-0.05, 0) is 30.8 Å². The lowest BCUT2D eigenvalue weighted by Gasteiger charge is -2.07. The molecule has 114 valence electrons. The number of rotatable bonds is 5. The number of nitriles is 1. The summed E-state index contributed by atoms with van der Waals surface area (Å²) in [6.45, 7) is 0. The molecule has 0 fully saturated rings. The lowest BCUT2D eigenvalue weighted by molar-refractivity contribution is 0.462. The van der Waals surface area contributed by atoms with Gasteiger partial charge in [0.2, 0.25) is 15.9 Å².